The quantitative estimate of drug-likeness (QED) is 0.654. The van der Waals surface area contributed by atoms with E-state index in [9.17, 15) is 18.8 Å². The number of hydrogen-bond acceptors (Lipinski definition) is 6. The monoisotopic (exact) mass is 426 g/mol. The molecule has 1 aliphatic rings. The summed E-state index contributed by atoms with van der Waals surface area (Å²) in [4.78, 5) is 40.9. The highest BCUT2D eigenvalue weighted by Gasteiger charge is 2.37. The first-order chi connectivity index (χ1) is 14.8. The minimum absolute atomic E-state index is 0.0951. The van der Waals surface area contributed by atoms with Crippen molar-refractivity contribution in [3.63, 3.8) is 0 Å². The second kappa shape index (κ2) is 7.67. The van der Waals surface area contributed by atoms with Gasteiger partial charge < -0.3 is 10.5 Å². The molecule has 0 radical (unpaired) electrons. The molecule has 4 rings (SSSR count). The zero-order chi connectivity index (χ0) is 22.3. The summed E-state index contributed by atoms with van der Waals surface area (Å²) in [6, 6.07) is 7.54. The van der Waals surface area contributed by atoms with Crippen LogP contribution in [-0.2, 0) is 16.6 Å². The van der Waals surface area contributed by atoms with Gasteiger partial charge in [-0.2, -0.15) is 5.10 Å². The number of nitrogens with zero attached hydrogens (tertiary/aromatic N) is 5. The van der Waals surface area contributed by atoms with Gasteiger partial charge in [0.25, 0.3) is 0 Å². The van der Waals surface area contributed by atoms with Gasteiger partial charge in [-0.1, -0.05) is 0 Å². The number of amides is 2. The Balaban J connectivity index is 1.57. The summed E-state index contributed by atoms with van der Waals surface area (Å²) in [6.07, 6.45) is 1.43. The van der Waals surface area contributed by atoms with Crippen LogP contribution in [0.1, 0.15) is 6.92 Å². The number of pyridine rings is 1. The summed E-state index contributed by atoms with van der Waals surface area (Å²) >= 11 is 0. The molecule has 1 aromatic carbocycles. The molecule has 31 heavy (non-hydrogen) atoms. The number of ether oxygens (including phenoxy) is 1. The number of primary amides is 1. The van der Waals surface area contributed by atoms with Gasteiger partial charge in [0.1, 0.15) is 24.1 Å². The highest BCUT2D eigenvalue weighted by Crippen LogP contribution is 2.30. The lowest BCUT2D eigenvalue weighted by atomic mass is 10.0. The number of halogens is 1. The Morgan fingerprint density at radius 1 is 1.29 bits per heavy atom. The first-order valence-corrected chi connectivity index (χ1v) is 9.40. The second-order valence-electron chi connectivity index (χ2n) is 7.20. The number of hydrogen-bond donors (Lipinski definition) is 1. The Kier molecular flexibility index (Phi) is 5.01. The maximum Gasteiger partial charge on any atom is 0.414 e. The molecule has 0 saturated carbocycles. The van der Waals surface area contributed by atoms with E-state index in [1.165, 1.54) is 45.9 Å². The summed E-state index contributed by atoms with van der Waals surface area (Å²) < 4.78 is 22.5. The molecule has 11 heteroatoms. The van der Waals surface area contributed by atoms with E-state index in [-0.39, 0.29) is 17.8 Å². The van der Waals surface area contributed by atoms with E-state index in [4.69, 9.17) is 10.5 Å². The number of benzene rings is 1. The average Bonchev–Trinajstić information content (AvgIpc) is 3.30. The lowest BCUT2D eigenvalue weighted by Crippen LogP contribution is -2.34. The number of cyclic esters (lactones) is 1. The van der Waals surface area contributed by atoms with Gasteiger partial charge in [0, 0.05) is 24.4 Å². The van der Waals surface area contributed by atoms with Crippen molar-refractivity contribution >= 4 is 17.7 Å². The van der Waals surface area contributed by atoms with Crippen LogP contribution in [0.3, 0.4) is 0 Å². The molecule has 1 fully saturated rings. The van der Waals surface area contributed by atoms with Crippen molar-refractivity contribution in [1.29, 1.82) is 0 Å². The van der Waals surface area contributed by atoms with E-state index in [1.807, 2.05) is 0 Å². The first-order valence-electron chi connectivity index (χ1n) is 9.40. The Hall–Kier alpha value is -4.02. The minimum Gasteiger partial charge on any atom is -0.443 e. The summed E-state index contributed by atoms with van der Waals surface area (Å²) in [5, 5.41) is 3.87. The fraction of sp³-hybridized carbons (Fsp3) is 0.250. The molecule has 160 valence electrons. The van der Waals surface area contributed by atoms with E-state index in [0.29, 0.717) is 17.1 Å². The van der Waals surface area contributed by atoms with Crippen molar-refractivity contribution in [2.45, 2.75) is 13.0 Å². The molecular weight excluding hydrogens is 407 g/mol. The summed E-state index contributed by atoms with van der Waals surface area (Å²) in [6.45, 7) is 1.67. The van der Waals surface area contributed by atoms with E-state index in [2.05, 4.69) is 10.1 Å². The van der Waals surface area contributed by atoms with E-state index >= 15 is 0 Å². The van der Waals surface area contributed by atoms with Crippen LogP contribution in [0.15, 0.2) is 47.7 Å². The molecule has 2 atom stereocenters. The number of anilines is 1. The van der Waals surface area contributed by atoms with Gasteiger partial charge in [-0.3, -0.25) is 9.69 Å². The predicted molar refractivity (Wildman–Crippen MR) is 108 cm³/mol. The highest BCUT2D eigenvalue weighted by atomic mass is 19.1. The van der Waals surface area contributed by atoms with Gasteiger partial charge in [-0.05, 0) is 37.3 Å². The molecule has 10 nitrogen and oxygen atoms in total. The van der Waals surface area contributed by atoms with Crippen LogP contribution in [0.25, 0.3) is 16.9 Å². The summed E-state index contributed by atoms with van der Waals surface area (Å²) in [5.74, 6) is -1.45. The molecule has 3 aromatic rings. The first kappa shape index (κ1) is 20.3. The fourth-order valence-electron chi connectivity index (χ4n) is 3.27. The standard InChI is InChI=1S/C20H19FN6O4/c1-11(18(22)28)16-9-26(20(30)31-16)13-4-5-14(15(21)7-13)12-3-6-17(23-8-12)27-10-24-25(2)19(27)29/h3-8,10-11,16H,9H2,1-2H3,(H2,22,28)/t11-,16?/m0/s1. The zero-order valence-electron chi connectivity index (χ0n) is 16.7. The second-order valence-corrected chi connectivity index (χ2v) is 7.20. The average molecular weight is 426 g/mol. The Morgan fingerprint density at radius 3 is 2.65 bits per heavy atom. The highest BCUT2D eigenvalue weighted by molar-refractivity contribution is 5.91. The van der Waals surface area contributed by atoms with E-state index in [0.717, 1.165) is 0 Å². The molecule has 0 spiro atoms. The fourth-order valence-corrected chi connectivity index (χ4v) is 3.27. The molecule has 1 unspecified atom stereocenters. The largest absolute Gasteiger partial charge is 0.443 e. The van der Waals surface area contributed by atoms with E-state index in [1.54, 1.807) is 25.1 Å². The van der Waals surface area contributed by atoms with Crippen molar-refractivity contribution in [3.8, 4) is 16.9 Å². The SMILES string of the molecule is C[C@H](C(N)=O)C1CN(c2ccc(-c3ccc(-n4cnn(C)c4=O)nc3)c(F)c2)C(=O)O1. The molecule has 2 amide bonds. The molecule has 1 aliphatic heterocycles. The van der Waals surface area contributed by atoms with Gasteiger partial charge in [0.15, 0.2) is 0 Å². The molecule has 2 aromatic heterocycles. The van der Waals surface area contributed by atoms with Crippen LogP contribution in [0.4, 0.5) is 14.9 Å². The number of rotatable bonds is 5. The van der Waals surface area contributed by atoms with Crippen molar-refractivity contribution in [1.82, 2.24) is 19.3 Å². The number of aromatic nitrogens is 4. The normalized spacial score (nSPS) is 16.9. The number of nitrogens with two attached hydrogens (primary N) is 1. The van der Waals surface area contributed by atoms with Gasteiger partial charge in [-0.25, -0.2) is 28.2 Å². The number of aryl methyl sites for hydroxylation is 1. The maximum absolute atomic E-state index is 14.8. The van der Waals surface area contributed by atoms with Crippen molar-refractivity contribution in [2.75, 3.05) is 11.4 Å². The third-order valence-electron chi connectivity index (χ3n) is 5.23. The Bertz CT molecular complexity index is 1220. The third kappa shape index (κ3) is 3.65. The zero-order valence-corrected chi connectivity index (χ0v) is 16.7. The molecular formula is C20H19FN6O4. The third-order valence-corrected chi connectivity index (χ3v) is 5.23. The van der Waals surface area contributed by atoms with Crippen LogP contribution >= 0.6 is 0 Å². The van der Waals surface area contributed by atoms with Gasteiger partial charge in [-0.15, -0.1) is 0 Å². The summed E-state index contributed by atoms with van der Waals surface area (Å²) in [5.41, 5.74) is 5.99. The van der Waals surface area contributed by atoms with Crippen LogP contribution in [-0.4, -0.2) is 44.0 Å². The number of carbonyl (C=O) groups excluding carboxylic acids is 2. The molecule has 0 bridgehead atoms. The van der Waals surface area contributed by atoms with Gasteiger partial charge in [0.2, 0.25) is 5.91 Å². The summed E-state index contributed by atoms with van der Waals surface area (Å²) in [7, 11) is 1.52. The van der Waals surface area contributed by atoms with Crippen LogP contribution in [0, 0.1) is 11.7 Å². The molecule has 2 N–H and O–H groups in total. The molecule has 3 heterocycles. The van der Waals surface area contributed by atoms with Crippen molar-refractivity contribution < 1.29 is 18.7 Å². The van der Waals surface area contributed by atoms with Gasteiger partial charge in [0.05, 0.1) is 18.2 Å². The molecule has 0 aliphatic carbocycles. The number of carbonyl (C=O) groups is 2. The Labute approximate surface area is 175 Å². The minimum atomic E-state index is -0.694. The lowest BCUT2D eigenvalue weighted by molar-refractivity contribution is -0.123. The van der Waals surface area contributed by atoms with Crippen LogP contribution in [0.2, 0.25) is 0 Å². The molecule has 1 saturated heterocycles. The lowest BCUT2D eigenvalue weighted by Gasteiger charge is -2.15. The Morgan fingerprint density at radius 2 is 2.06 bits per heavy atom. The van der Waals surface area contributed by atoms with Crippen molar-refractivity contribution in [3.05, 3.63) is 59.2 Å². The maximum atomic E-state index is 14.8. The van der Waals surface area contributed by atoms with Crippen LogP contribution in [0.5, 0.6) is 0 Å². The smallest absolute Gasteiger partial charge is 0.414 e. The van der Waals surface area contributed by atoms with Crippen molar-refractivity contribution in [2.24, 2.45) is 18.7 Å². The van der Waals surface area contributed by atoms with Crippen LogP contribution < -0.4 is 16.3 Å². The van der Waals surface area contributed by atoms with E-state index < -0.39 is 29.8 Å². The topological polar surface area (TPSA) is 125 Å². The predicted octanol–water partition coefficient (Wildman–Crippen LogP) is 1.22. The van der Waals surface area contributed by atoms with Gasteiger partial charge >= 0.3 is 11.8 Å².